The van der Waals surface area contributed by atoms with Gasteiger partial charge in [0.1, 0.15) is 5.82 Å². The Hall–Kier alpha value is -2.24. The van der Waals surface area contributed by atoms with Crippen molar-refractivity contribution in [2.24, 2.45) is 0 Å². The molecule has 0 fully saturated rings. The maximum absolute atomic E-state index is 4.74. The zero-order valence-electron chi connectivity index (χ0n) is 13.7. The number of anilines is 2. The molecule has 122 valence electrons. The van der Waals surface area contributed by atoms with Crippen molar-refractivity contribution in [2.75, 3.05) is 11.9 Å². The molecule has 0 saturated carbocycles. The summed E-state index contributed by atoms with van der Waals surface area (Å²) in [6, 6.07) is 14.9. The van der Waals surface area contributed by atoms with E-state index in [1.165, 1.54) is 16.0 Å². The summed E-state index contributed by atoms with van der Waals surface area (Å²) in [6.45, 7) is 5.02. The van der Waals surface area contributed by atoms with E-state index in [-0.39, 0.29) is 0 Å². The number of aryl methyl sites for hydroxylation is 1. The van der Waals surface area contributed by atoms with Crippen molar-refractivity contribution >= 4 is 22.3 Å². The first-order valence-electron chi connectivity index (χ1n) is 8.21. The van der Waals surface area contributed by atoms with Crippen LogP contribution in [0.2, 0.25) is 0 Å². The van der Waals surface area contributed by atoms with E-state index in [2.05, 4.69) is 58.5 Å². The fourth-order valence-electron chi connectivity index (χ4n) is 3.08. The summed E-state index contributed by atoms with van der Waals surface area (Å²) in [7, 11) is 0. The number of benzene rings is 1. The summed E-state index contributed by atoms with van der Waals surface area (Å²) in [4.78, 5) is 12.7. The van der Waals surface area contributed by atoms with Gasteiger partial charge in [0, 0.05) is 30.7 Å². The van der Waals surface area contributed by atoms with Gasteiger partial charge in [0.15, 0.2) is 5.13 Å². The van der Waals surface area contributed by atoms with Crippen molar-refractivity contribution < 1.29 is 0 Å². The second-order valence-electron chi connectivity index (χ2n) is 6.14. The van der Waals surface area contributed by atoms with Crippen molar-refractivity contribution in [3.8, 4) is 0 Å². The highest BCUT2D eigenvalue weighted by molar-refractivity contribution is 7.15. The van der Waals surface area contributed by atoms with Gasteiger partial charge in [-0.25, -0.2) is 9.97 Å². The van der Waals surface area contributed by atoms with E-state index in [4.69, 9.17) is 4.98 Å². The van der Waals surface area contributed by atoms with Crippen molar-refractivity contribution in [1.82, 2.24) is 14.9 Å². The minimum absolute atomic E-state index is 0.860. The Morgan fingerprint density at radius 3 is 2.83 bits per heavy atom. The van der Waals surface area contributed by atoms with Crippen LogP contribution < -0.4 is 5.32 Å². The molecule has 4 rings (SSSR count). The predicted molar refractivity (Wildman–Crippen MR) is 98.6 cm³/mol. The number of nitrogens with one attached hydrogen (secondary N) is 1. The molecule has 1 aromatic carbocycles. The number of pyridine rings is 1. The van der Waals surface area contributed by atoms with Gasteiger partial charge in [0.05, 0.1) is 5.69 Å². The number of rotatable bonds is 4. The van der Waals surface area contributed by atoms with Gasteiger partial charge < -0.3 is 5.32 Å². The monoisotopic (exact) mass is 336 g/mol. The van der Waals surface area contributed by atoms with E-state index < -0.39 is 0 Å². The van der Waals surface area contributed by atoms with Crippen LogP contribution in [0.4, 0.5) is 10.9 Å². The summed E-state index contributed by atoms with van der Waals surface area (Å²) in [5, 5.41) is 4.19. The SMILES string of the molecule is Cc1cnc(Nc2cccc(CN3CCc4ccccc4C3)n2)s1. The first-order valence-corrected chi connectivity index (χ1v) is 9.02. The number of hydrogen-bond acceptors (Lipinski definition) is 5. The van der Waals surface area contributed by atoms with Gasteiger partial charge in [-0.3, -0.25) is 4.90 Å². The Balaban J connectivity index is 1.45. The fraction of sp³-hybridized carbons (Fsp3) is 0.263. The molecule has 2 aromatic heterocycles. The van der Waals surface area contributed by atoms with Crippen LogP contribution in [0.25, 0.3) is 0 Å². The molecule has 5 heteroatoms. The molecule has 0 aliphatic carbocycles. The largest absolute Gasteiger partial charge is 0.316 e. The van der Waals surface area contributed by atoms with Crippen LogP contribution in [0.5, 0.6) is 0 Å². The van der Waals surface area contributed by atoms with Gasteiger partial charge in [-0.15, -0.1) is 11.3 Å². The molecule has 0 radical (unpaired) electrons. The predicted octanol–water partition coefficient (Wildman–Crippen LogP) is 4.15. The molecule has 0 unspecified atom stereocenters. The minimum atomic E-state index is 0.860. The molecule has 24 heavy (non-hydrogen) atoms. The van der Waals surface area contributed by atoms with Crippen LogP contribution in [-0.2, 0) is 19.5 Å². The average molecular weight is 336 g/mol. The smallest absolute Gasteiger partial charge is 0.188 e. The van der Waals surface area contributed by atoms with Gasteiger partial charge in [0.25, 0.3) is 0 Å². The number of aromatic nitrogens is 2. The van der Waals surface area contributed by atoms with Crippen molar-refractivity contribution in [2.45, 2.75) is 26.4 Å². The van der Waals surface area contributed by atoms with Crippen LogP contribution >= 0.6 is 11.3 Å². The van der Waals surface area contributed by atoms with E-state index in [0.717, 1.165) is 42.7 Å². The van der Waals surface area contributed by atoms with Gasteiger partial charge in [-0.2, -0.15) is 0 Å². The third-order valence-electron chi connectivity index (χ3n) is 4.26. The summed E-state index contributed by atoms with van der Waals surface area (Å²) in [5.74, 6) is 0.860. The van der Waals surface area contributed by atoms with Gasteiger partial charge in [-0.1, -0.05) is 30.3 Å². The molecule has 0 spiro atoms. The van der Waals surface area contributed by atoms with Crippen molar-refractivity contribution in [1.29, 1.82) is 0 Å². The lowest BCUT2D eigenvalue weighted by Crippen LogP contribution is -2.30. The van der Waals surface area contributed by atoms with Crippen LogP contribution in [0.3, 0.4) is 0 Å². The number of thiazole rings is 1. The van der Waals surface area contributed by atoms with Crippen LogP contribution in [0.1, 0.15) is 21.7 Å². The molecule has 1 aliphatic rings. The molecule has 3 aromatic rings. The molecule has 0 bridgehead atoms. The molecule has 0 atom stereocenters. The molecule has 0 amide bonds. The van der Waals surface area contributed by atoms with Crippen LogP contribution in [-0.4, -0.2) is 21.4 Å². The normalized spacial score (nSPS) is 14.4. The highest BCUT2D eigenvalue weighted by Gasteiger charge is 2.16. The Morgan fingerprint density at radius 2 is 2.00 bits per heavy atom. The van der Waals surface area contributed by atoms with Gasteiger partial charge in [0.2, 0.25) is 0 Å². The summed E-state index contributed by atoms with van der Waals surface area (Å²) >= 11 is 1.64. The molecule has 3 heterocycles. The van der Waals surface area contributed by atoms with Gasteiger partial charge >= 0.3 is 0 Å². The molecule has 0 saturated heterocycles. The second-order valence-corrected chi connectivity index (χ2v) is 7.38. The van der Waals surface area contributed by atoms with Gasteiger partial charge in [-0.05, 0) is 36.6 Å². The van der Waals surface area contributed by atoms with Crippen molar-refractivity contribution in [3.63, 3.8) is 0 Å². The lowest BCUT2D eigenvalue weighted by atomic mass is 10.00. The Kier molecular flexibility index (Phi) is 4.28. The van der Waals surface area contributed by atoms with Crippen LogP contribution in [0.15, 0.2) is 48.7 Å². The number of hydrogen-bond donors (Lipinski definition) is 1. The third-order valence-corrected chi connectivity index (χ3v) is 5.09. The second kappa shape index (κ2) is 6.71. The van der Waals surface area contributed by atoms with Crippen molar-refractivity contribution in [3.05, 3.63) is 70.4 Å². The first kappa shape index (κ1) is 15.3. The van der Waals surface area contributed by atoms with E-state index in [9.17, 15) is 0 Å². The topological polar surface area (TPSA) is 41.1 Å². The van der Waals surface area contributed by atoms with E-state index in [0.29, 0.717) is 0 Å². The Labute approximate surface area is 146 Å². The maximum atomic E-state index is 4.74. The Bertz CT molecular complexity index is 843. The molecule has 1 N–H and O–H groups in total. The van der Waals surface area contributed by atoms with E-state index >= 15 is 0 Å². The minimum Gasteiger partial charge on any atom is -0.316 e. The highest BCUT2D eigenvalue weighted by Crippen LogP contribution is 2.22. The summed E-state index contributed by atoms with van der Waals surface area (Å²) in [5.41, 5.74) is 4.01. The average Bonchev–Trinajstić information content (AvgIpc) is 3.00. The first-order chi connectivity index (χ1) is 11.8. The summed E-state index contributed by atoms with van der Waals surface area (Å²) in [6.07, 6.45) is 2.99. The number of nitrogens with zero attached hydrogens (tertiary/aromatic N) is 3. The molecular weight excluding hydrogens is 316 g/mol. The standard InChI is InChI=1S/C19H20N4S/c1-14-11-20-19(24-14)22-18-8-4-7-17(21-18)13-23-10-9-15-5-2-3-6-16(15)12-23/h2-8,11H,9-10,12-13H2,1H3,(H,20,21,22). The molecule has 1 aliphatic heterocycles. The maximum Gasteiger partial charge on any atom is 0.188 e. The molecule has 4 nitrogen and oxygen atoms in total. The Morgan fingerprint density at radius 1 is 1.12 bits per heavy atom. The van der Waals surface area contributed by atoms with E-state index in [1.807, 2.05) is 12.3 Å². The zero-order chi connectivity index (χ0) is 16.4. The third kappa shape index (κ3) is 3.47. The zero-order valence-corrected chi connectivity index (χ0v) is 14.5. The summed E-state index contributed by atoms with van der Waals surface area (Å²) < 4.78 is 0. The van der Waals surface area contributed by atoms with Crippen LogP contribution in [0, 0.1) is 6.92 Å². The van der Waals surface area contributed by atoms with E-state index in [1.54, 1.807) is 11.3 Å². The lowest BCUT2D eigenvalue weighted by molar-refractivity contribution is 0.243. The lowest BCUT2D eigenvalue weighted by Gasteiger charge is -2.28. The quantitative estimate of drug-likeness (QED) is 0.777. The fourth-order valence-corrected chi connectivity index (χ4v) is 3.75. The highest BCUT2D eigenvalue weighted by atomic mass is 32.1. The molecular formula is C19H20N4S. The number of fused-ring (bicyclic) bond motifs is 1.